The maximum atomic E-state index is 12.9. The van der Waals surface area contributed by atoms with Crippen molar-refractivity contribution in [1.82, 2.24) is 10.6 Å². The molecule has 1 spiro atoms. The number of aliphatic hydroxyl groups excluding tert-OH is 2. The van der Waals surface area contributed by atoms with E-state index in [1.165, 1.54) is 6.08 Å². The molecule has 0 bridgehead atoms. The second-order valence-electron chi connectivity index (χ2n) is 15.3. The largest absolute Gasteiger partial charge is 0.390 e. The first-order valence-electron chi connectivity index (χ1n) is 19.0. The van der Waals surface area contributed by atoms with Gasteiger partial charge in [-0.2, -0.15) is 0 Å². The number of aliphatic hydroxyl groups is 2. The molecule has 3 fully saturated rings. The van der Waals surface area contributed by atoms with Crippen molar-refractivity contribution >= 4 is 17.6 Å². The van der Waals surface area contributed by atoms with Crippen LogP contribution in [0.25, 0.3) is 0 Å². The van der Waals surface area contributed by atoms with Crippen molar-refractivity contribution < 1.29 is 38.8 Å². The fourth-order valence-corrected chi connectivity index (χ4v) is 7.33. The van der Waals surface area contributed by atoms with E-state index in [-0.39, 0.29) is 54.8 Å². The maximum absolute atomic E-state index is 12.9. The summed E-state index contributed by atoms with van der Waals surface area (Å²) in [5, 5.41) is 26.2. The highest BCUT2D eigenvalue weighted by molar-refractivity contribution is 5.90. The summed E-state index contributed by atoms with van der Waals surface area (Å²) in [6.07, 6.45) is 13.4. The van der Waals surface area contributed by atoms with Crippen LogP contribution in [0.3, 0.4) is 0 Å². The summed E-state index contributed by atoms with van der Waals surface area (Å²) >= 11 is 0. The van der Waals surface area contributed by atoms with Crippen LogP contribution in [-0.2, 0) is 28.6 Å². The second kappa shape index (κ2) is 20.1. The molecule has 11 atom stereocenters. The standard InChI is InChI=1S/C39H66N2O8/c1-8-11-31(43)23-33-17-15-27(4)36(47-33)38(46)41-24-34(44)29(6)37(45)40-21-10-13-35-26(3)18-20-39(49-35)19-9-12-32(48-39)16-14-25(2)22-28(5)30(7)42/h8,11,22,25-27,29-30,32-36,42,44H,9-10,12-21,23-24H2,1-7H3,(H,40,45)(H,41,46)/b11-8+,28-22+/t25-,26-,27-,29-,30+,32+,33-,34-,35-,36+,39+/m0/s1. The molecule has 10 heteroatoms. The van der Waals surface area contributed by atoms with Crippen molar-refractivity contribution in [1.29, 1.82) is 0 Å². The SMILES string of the molecule is C/C=C/C(=O)C[C@@H]1CC[C@H](C)[C@H](C(=O)NC[C@H](O)[C@H](C)C(=O)NCCC[C@@H]2O[C@]3(CCC[C@H](CC[C@H](C)/C=C(\C)[C@@H](C)O)O3)CC[C@@H]2C)O1. The van der Waals surface area contributed by atoms with Crippen LogP contribution in [-0.4, -0.2) is 83.3 Å². The summed E-state index contributed by atoms with van der Waals surface area (Å²) in [6.45, 7) is 14.0. The molecule has 0 aliphatic carbocycles. The van der Waals surface area contributed by atoms with E-state index in [2.05, 4.69) is 30.6 Å². The molecule has 4 N–H and O–H groups in total. The molecule has 3 aliphatic rings. The molecule has 2 amide bonds. The summed E-state index contributed by atoms with van der Waals surface area (Å²) in [7, 11) is 0. The Hall–Kier alpha value is -2.11. The third kappa shape index (κ3) is 13.2. The van der Waals surface area contributed by atoms with Gasteiger partial charge in [0.2, 0.25) is 11.8 Å². The van der Waals surface area contributed by atoms with Crippen LogP contribution in [0.5, 0.6) is 0 Å². The van der Waals surface area contributed by atoms with Crippen LogP contribution in [0.15, 0.2) is 23.8 Å². The molecule has 3 aliphatic heterocycles. The van der Waals surface area contributed by atoms with Crippen molar-refractivity contribution in [2.45, 2.75) is 168 Å². The minimum Gasteiger partial charge on any atom is -0.390 e. The van der Waals surface area contributed by atoms with Crippen LogP contribution in [0, 0.1) is 23.7 Å². The summed E-state index contributed by atoms with van der Waals surface area (Å²) in [5.41, 5.74) is 1.01. The fourth-order valence-electron chi connectivity index (χ4n) is 7.33. The van der Waals surface area contributed by atoms with Gasteiger partial charge in [-0.15, -0.1) is 0 Å². The topological polar surface area (TPSA) is 143 Å². The number of nitrogens with one attached hydrogen (secondary N) is 2. The summed E-state index contributed by atoms with van der Waals surface area (Å²) < 4.78 is 19.3. The molecular formula is C39H66N2O8. The number of carbonyl (C=O) groups is 3. The lowest BCUT2D eigenvalue weighted by Gasteiger charge is -2.48. The molecule has 10 nitrogen and oxygen atoms in total. The van der Waals surface area contributed by atoms with Gasteiger partial charge in [-0.25, -0.2) is 0 Å². The van der Waals surface area contributed by atoms with Crippen LogP contribution in [0.4, 0.5) is 0 Å². The number of rotatable bonds is 17. The molecule has 3 rings (SSSR count). The number of ether oxygens (including phenoxy) is 3. The number of hydrogen-bond acceptors (Lipinski definition) is 8. The predicted molar refractivity (Wildman–Crippen MR) is 190 cm³/mol. The first-order valence-corrected chi connectivity index (χ1v) is 19.0. The first kappa shape index (κ1) is 41.3. The Kier molecular flexibility index (Phi) is 16.9. The lowest BCUT2D eigenvalue weighted by atomic mass is 9.85. The molecule has 0 radical (unpaired) electrons. The predicted octanol–water partition coefficient (Wildman–Crippen LogP) is 5.54. The molecule has 0 aromatic rings. The van der Waals surface area contributed by atoms with E-state index in [0.29, 0.717) is 18.4 Å². The molecule has 3 saturated heterocycles. The lowest BCUT2D eigenvalue weighted by molar-refractivity contribution is -0.324. The monoisotopic (exact) mass is 690 g/mol. The van der Waals surface area contributed by atoms with Crippen molar-refractivity contribution in [3.8, 4) is 0 Å². The van der Waals surface area contributed by atoms with E-state index in [4.69, 9.17) is 14.2 Å². The average molecular weight is 691 g/mol. The zero-order chi connectivity index (χ0) is 36.1. The van der Waals surface area contributed by atoms with E-state index in [1.807, 2.05) is 13.8 Å². The minimum absolute atomic E-state index is 0.00875. The van der Waals surface area contributed by atoms with E-state index in [9.17, 15) is 24.6 Å². The van der Waals surface area contributed by atoms with Gasteiger partial charge < -0.3 is 35.1 Å². The average Bonchev–Trinajstić information content (AvgIpc) is 3.06. The molecule has 0 aromatic heterocycles. The van der Waals surface area contributed by atoms with E-state index < -0.39 is 30.0 Å². The number of hydrogen-bond donors (Lipinski definition) is 4. The van der Waals surface area contributed by atoms with Gasteiger partial charge in [-0.1, -0.05) is 39.8 Å². The molecule has 0 unspecified atom stereocenters. The molecule has 0 aromatic carbocycles. The van der Waals surface area contributed by atoms with E-state index in [0.717, 1.165) is 76.2 Å². The quantitative estimate of drug-likeness (QED) is 0.0886. The summed E-state index contributed by atoms with van der Waals surface area (Å²) in [4.78, 5) is 37.8. The van der Waals surface area contributed by atoms with Gasteiger partial charge >= 0.3 is 0 Å². The summed E-state index contributed by atoms with van der Waals surface area (Å²) in [5.74, 6) is -1.06. The van der Waals surface area contributed by atoms with Crippen molar-refractivity contribution in [2.75, 3.05) is 13.1 Å². The smallest absolute Gasteiger partial charge is 0.249 e. The van der Waals surface area contributed by atoms with Gasteiger partial charge in [0.25, 0.3) is 0 Å². The third-order valence-corrected chi connectivity index (χ3v) is 10.9. The molecule has 280 valence electrons. The van der Waals surface area contributed by atoms with Crippen LogP contribution in [0.2, 0.25) is 0 Å². The van der Waals surface area contributed by atoms with Crippen LogP contribution < -0.4 is 10.6 Å². The van der Waals surface area contributed by atoms with Gasteiger partial charge in [-0.05, 0) is 108 Å². The van der Waals surface area contributed by atoms with Crippen molar-refractivity contribution in [2.24, 2.45) is 23.7 Å². The second-order valence-corrected chi connectivity index (χ2v) is 15.3. The van der Waals surface area contributed by atoms with Gasteiger partial charge in [0.15, 0.2) is 11.6 Å². The van der Waals surface area contributed by atoms with Gasteiger partial charge in [0, 0.05) is 32.4 Å². The zero-order valence-electron chi connectivity index (χ0n) is 31.2. The Morgan fingerprint density at radius 2 is 1.69 bits per heavy atom. The Morgan fingerprint density at radius 3 is 2.41 bits per heavy atom. The Morgan fingerprint density at radius 1 is 0.939 bits per heavy atom. The van der Waals surface area contributed by atoms with Crippen LogP contribution >= 0.6 is 0 Å². The highest BCUT2D eigenvalue weighted by atomic mass is 16.7. The molecule has 49 heavy (non-hydrogen) atoms. The highest BCUT2D eigenvalue weighted by Gasteiger charge is 2.44. The normalized spacial score (nSPS) is 32.0. The Balaban J connectivity index is 1.38. The third-order valence-electron chi connectivity index (χ3n) is 10.9. The minimum atomic E-state index is -1.05. The van der Waals surface area contributed by atoms with Gasteiger partial charge in [0.05, 0.1) is 36.4 Å². The van der Waals surface area contributed by atoms with Crippen LogP contribution in [0.1, 0.15) is 126 Å². The number of amides is 2. The first-order chi connectivity index (χ1) is 23.2. The van der Waals surface area contributed by atoms with Gasteiger partial charge in [-0.3, -0.25) is 14.4 Å². The van der Waals surface area contributed by atoms with Gasteiger partial charge in [0.1, 0.15) is 6.10 Å². The van der Waals surface area contributed by atoms with E-state index in [1.54, 1.807) is 26.8 Å². The van der Waals surface area contributed by atoms with Crippen molar-refractivity contribution in [3.63, 3.8) is 0 Å². The zero-order valence-corrected chi connectivity index (χ0v) is 31.2. The van der Waals surface area contributed by atoms with Crippen molar-refractivity contribution in [3.05, 3.63) is 23.8 Å². The maximum Gasteiger partial charge on any atom is 0.249 e. The Bertz CT molecular complexity index is 1120. The fraction of sp³-hybridized carbons (Fsp3) is 0.821. The molecule has 0 saturated carbocycles. The number of allylic oxidation sites excluding steroid dienone is 3. The summed E-state index contributed by atoms with van der Waals surface area (Å²) in [6, 6.07) is 0. The lowest BCUT2D eigenvalue weighted by Crippen LogP contribution is -2.50. The number of carbonyl (C=O) groups excluding carboxylic acids is 3. The highest BCUT2D eigenvalue weighted by Crippen LogP contribution is 2.43. The Labute approximate surface area is 295 Å². The molecule has 3 heterocycles. The molecular weight excluding hydrogens is 624 g/mol. The van der Waals surface area contributed by atoms with E-state index >= 15 is 0 Å². The number of ketones is 1.